The van der Waals surface area contributed by atoms with Crippen LogP contribution in [0.3, 0.4) is 0 Å². The summed E-state index contributed by atoms with van der Waals surface area (Å²) in [6.07, 6.45) is 1.84. The van der Waals surface area contributed by atoms with Crippen molar-refractivity contribution in [2.45, 2.75) is 26.7 Å². The molecule has 1 heterocycles. The second kappa shape index (κ2) is 9.25. The van der Waals surface area contributed by atoms with Crippen LogP contribution in [-0.4, -0.2) is 43.5 Å². The van der Waals surface area contributed by atoms with Crippen molar-refractivity contribution in [3.8, 4) is 0 Å². The lowest BCUT2D eigenvalue weighted by Gasteiger charge is -2.35. The minimum Gasteiger partial charge on any atom is -0.369 e. The number of carbonyl (C=O) groups excluding carboxylic acids is 1. The second-order valence-corrected chi connectivity index (χ2v) is 7.39. The van der Waals surface area contributed by atoms with Crippen LogP contribution in [0, 0.1) is 0 Å². The molecular weight excluding hydrogens is 358 g/mol. The smallest absolute Gasteiger partial charge is 0.238 e. The van der Waals surface area contributed by atoms with E-state index < -0.39 is 0 Å². The van der Waals surface area contributed by atoms with E-state index in [1.165, 1.54) is 11.1 Å². The summed E-state index contributed by atoms with van der Waals surface area (Å²) < 4.78 is 0. The van der Waals surface area contributed by atoms with Crippen molar-refractivity contribution in [2.75, 3.05) is 42.9 Å². The number of amides is 1. The van der Waals surface area contributed by atoms with Crippen molar-refractivity contribution in [1.29, 1.82) is 0 Å². The standard InChI is InChI=1S/C22H28ClN3O/c1-3-17-7-5-8-18(4-2)22(17)24-21(27)16-25-11-13-26(14-12-25)20-10-6-9-19(23)15-20/h5-10,15H,3-4,11-14,16H2,1-2H3,(H,24,27). The number of nitrogens with zero attached hydrogens (tertiary/aromatic N) is 2. The Balaban J connectivity index is 1.56. The van der Waals surface area contributed by atoms with Crippen molar-refractivity contribution >= 4 is 28.9 Å². The lowest BCUT2D eigenvalue weighted by Crippen LogP contribution is -2.48. The summed E-state index contributed by atoms with van der Waals surface area (Å²) in [4.78, 5) is 17.2. The fraction of sp³-hybridized carbons (Fsp3) is 0.409. The van der Waals surface area contributed by atoms with Crippen LogP contribution in [0.1, 0.15) is 25.0 Å². The predicted octanol–water partition coefficient (Wildman–Crippen LogP) is 4.23. The molecule has 1 aliphatic heterocycles. The van der Waals surface area contributed by atoms with E-state index in [1.54, 1.807) is 0 Å². The van der Waals surface area contributed by atoms with Crippen molar-refractivity contribution in [3.05, 3.63) is 58.6 Å². The number of halogens is 1. The Morgan fingerprint density at radius 1 is 1.00 bits per heavy atom. The molecule has 4 nitrogen and oxygen atoms in total. The van der Waals surface area contributed by atoms with E-state index in [1.807, 2.05) is 18.2 Å². The number of benzene rings is 2. The minimum atomic E-state index is 0.0711. The van der Waals surface area contributed by atoms with E-state index in [2.05, 4.69) is 53.2 Å². The van der Waals surface area contributed by atoms with Crippen molar-refractivity contribution in [1.82, 2.24) is 4.90 Å². The summed E-state index contributed by atoms with van der Waals surface area (Å²) in [6, 6.07) is 14.2. The minimum absolute atomic E-state index is 0.0711. The molecule has 0 spiro atoms. The first kappa shape index (κ1) is 19.7. The van der Waals surface area contributed by atoms with Crippen LogP contribution >= 0.6 is 11.6 Å². The summed E-state index contributed by atoms with van der Waals surface area (Å²) in [5.74, 6) is 0.0711. The fourth-order valence-electron chi connectivity index (χ4n) is 3.62. The van der Waals surface area contributed by atoms with Crippen LogP contribution in [-0.2, 0) is 17.6 Å². The van der Waals surface area contributed by atoms with E-state index in [0.29, 0.717) is 6.54 Å². The van der Waals surface area contributed by atoms with Gasteiger partial charge < -0.3 is 10.2 Å². The summed E-state index contributed by atoms with van der Waals surface area (Å²) >= 11 is 6.10. The third-order valence-electron chi connectivity index (χ3n) is 5.18. The van der Waals surface area contributed by atoms with Gasteiger partial charge in [0, 0.05) is 42.6 Å². The van der Waals surface area contributed by atoms with Crippen LogP contribution < -0.4 is 10.2 Å². The van der Waals surface area contributed by atoms with E-state index in [0.717, 1.165) is 55.4 Å². The molecule has 1 N–H and O–H groups in total. The van der Waals surface area contributed by atoms with Crippen molar-refractivity contribution in [3.63, 3.8) is 0 Å². The molecule has 1 amide bonds. The molecule has 1 aliphatic rings. The molecule has 0 atom stereocenters. The first-order valence-corrected chi connectivity index (χ1v) is 10.1. The van der Waals surface area contributed by atoms with Gasteiger partial charge in [-0.1, -0.05) is 49.7 Å². The largest absolute Gasteiger partial charge is 0.369 e. The van der Waals surface area contributed by atoms with Gasteiger partial charge >= 0.3 is 0 Å². The van der Waals surface area contributed by atoms with Crippen molar-refractivity contribution in [2.24, 2.45) is 0 Å². The molecule has 144 valence electrons. The first-order chi connectivity index (χ1) is 13.1. The van der Waals surface area contributed by atoms with Gasteiger partial charge in [0.25, 0.3) is 0 Å². The molecule has 0 unspecified atom stereocenters. The van der Waals surface area contributed by atoms with Crippen LogP contribution in [0.5, 0.6) is 0 Å². The van der Waals surface area contributed by atoms with Gasteiger partial charge in [0.05, 0.1) is 6.54 Å². The Bertz CT molecular complexity index is 763. The topological polar surface area (TPSA) is 35.6 Å². The lowest BCUT2D eigenvalue weighted by atomic mass is 10.0. The Kier molecular flexibility index (Phi) is 6.75. The number of carbonyl (C=O) groups is 1. The molecule has 2 aromatic rings. The lowest BCUT2D eigenvalue weighted by molar-refractivity contribution is -0.117. The normalized spacial score (nSPS) is 15.0. The molecule has 27 heavy (non-hydrogen) atoms. The van der Waals surface area contributed by atoms with Crippen LogP contribution in [0.15, 0.2) is 42.5 Å². The highest BCUT2D eigenvalue weighted by molar-refractivity contribution is 6.30. The molecule has 2 aromatic carbocycles. The van der Waals surface area contributed by atoms with E-state index >= 15 is 0 Å². The van der Waals surface area contributed by atoms with Gasteiger partial charge in [-0.3, -0.25) is 9.69 Å². The average Bonchev–Trinajstić information content (AvgIpc) is 2.68. The van der Waals surface area contributed by atoms with E-state index in [4.69, 9.17) is 11.6 Å². The molecule has 3 rings (SSSR count). The van der Waals surface area contributed by atoms with Gasteiger partial charge in [0.1, 0.15) is 0 Å². The van der Waals surface area contributed by atoms with Gasteiger partial charge in [-0.05, 0) is 42.2 Å². The fourth-order valence-corrected chi connectivity index (χ4v) is 3.81. The molecule has 0 saturated carbocycles. The van der Waals surface area contributed by atoms with Crippen molar-refractivity contribution < 1.29 is 4.79 Å². The Labute approximate surface area is 167 Å². The Hall–Kier alpha value is -2.04. The summed E-state index contributed by atoms with van der Waals surface area (Å²) in [5, 5.41) is 3.93. The molecule has 0 radical (unpaired) electrons. The maximum absolute atomic E-state index is 12.6. The summed E-state index contributed by atoms with van der Waals surface area (Å²) in [5.41, 5.74) is 4.56. The van der Waals surface area contributed by atoms with Gasteiger partial charge in [-0.25, -0.2) is 0 Å². The monoisotopic (exact) mass is 385 g/mol. The molecule has 0 aromatic heterocycles. The first-order valence-electron chi connectivity index (χ1n) is 9.74. The zero-order valence-corrected chi connectivity index (χ0v) is 16.9. The molecule has 1 fully saturated rings. The quantitative estimate of drug-likeness (QED) is 0.808. The van der Waals surface area contributed by atoms with Crippen LogP contribution in [0.25, 0.3) is 0 Å². The van der Waals surface area contributed by atoms with E-state index in [9.17, 15) is 4.79 Å². The molecule has 1 saturated heterocycles. The number of anilines is 2. The molecular formula is C22H28ClN3O. The van der Waals surface area contributed by atoms with Crippen LogP contribution in [0.2, 0.25) is 5.02 Å². The molecule has 0 aliphatic carbocycles. The maximum atomic E-state index is 12.6. The van der Waals surface area contributed by atoms with Gasteiger partial charge in [0.2, 0.25) is 5.91 Å². The number of piperazine rings is 1. The zero-order chi connectivity index (χ0) is 19.2. The SMILES string of the molecule is CCc1cccc(CC)c1NC(=O)CN1CCN(c2cccc(Cl)c2)CC1. The highest BCUT2D eigenvalue weighted by Gasteiger charge is 2.20. The summed E-state index contributed by atoms with van der Waals surface area (Å²) in [7, 11) is 0. The second-order valence-electron chi connectivity index (χ2n) is 6.95. The third-order valence-corrected chi connectivity index (χ3v) is 5.41. The maximum Gasteiger partial charge on any atom is 0.238 e. The Morgan fingerprint density at radius 2 is 1.63 bits per heavy atom. The highest BCUT2D eigenvalue weighted by atomic mass is 35.5. The molecule has 0 bridgehead atoms. The number of nitrogens with one attached hydrogen (secondary N) is 1. The number of para-hydroxylation sites is 1. The molecule has 5 heteroatoms. The number of aryl methyl sites for hydroxylation is 2. The Morgan fingerprint density at radius 3 is 2.22 bits per heavy atom. The zero-order valence-electron chi connectivity index (χ0n) is 16.2. The van der Waals surface area contributed by atoms with E-state index in [-0.39, 0.29) is 5.91 Å². The van der Waals surface area contributed by atoms with Gasteiger partial charge in [-0.15, -0.1) is 0 Å². The predicted molar refractivity (Wildman–Crippen MR) is 114 cm³/mol. The third kappa shape index (κ3) is 5.02. The number of hydrogen-bond donors (Lipinski definition) is 1. The summed E-state index contributed by atoms with van der Waals surface area (Å²) in [6.45, 7) is 8.23. The van der Waals surface area contributed by atoms with Crippen LogP contribution in [0.4, 0.5) is 11.4 Å². The van der Waals surface area contributed by atoms with Gasteiger partial charge in [0.15, 0.2) is 0 Å². The van der Waals surface area contributed by atoms with Gasteiger partial charge in [-0.2, -0.15) is 0 Å². The highest BCUT2D eigenvalue weighted by Crippen LogP contribution is 2.23. The number of rotatable bonds is 6. The average molecular weight is 386 g/mol. The number of hydrogen-bond acceptors (Lipinski definition) is 3.